The highest BCUT2D eigenvalue weighted by Crippen LogP contribution is 2.29. The zero-order valence-corrected chi connectivity index (χ0v) is 11.9. The van der Waals surface area contributed by atoms with Crippen LogP contribution in [0.25, 0.3) is 0 Å². The van der Waals surface area contributed by atoms with Crippen LogP contribution in [0, 0.1) is 11.7 Å². The molecule has 1 unspecified atom stereocenters. The number of benzene rings is 1. The van der Waals surface area contributed by atoms with Gasteiger partial charge in [0.05, 0.1) is 5.02 Å². The lowest BCUT2D eigenvalue weighted by molar-refractivity contribution is 0.403. The highest BCUT2D eigenvalue weighted by Gasteiger charge is 2.18. The predicted molar refractivity (Wildman–Crippen MR) is 77.4 cm³/mol. The summed E-state index contributed by atoms with van der Waals surface area (Å²) in [4.78, 5) is 0. The molecule has 0 spiro atoms. The number of nitrogens with one attached hydrogen (secondary N) is 1. The Hall–Kier alpha value is -0.640. The third-order valence-electron chi connectivity index (χ3n) is 4.13. The molecule has 1 aromatic rings. The van der Waals surface area contributed by atoms with E-state index in [-0.39, 0.29) is 16.9 Å². The Labute approximate surface area is 119 Å². The summed E-state index contributed by atoms with van der Waals surface area (Å²) in [5.41, 5.74) is 3.45. The molecular formula is C15H22ClFN2. The summed E-state index contributed by atoms with van der Waals surface area (Å²) in [6, 6.07) is 5.25. The van der Waals surface area contributed by atoms with E-state index in [1.807, 2.05) is 0 Å². The second-order valence-corrected chi connectivity index (χ2v) is 5.92. The van der Waals surface area contributed by atoms with Gasteiger partial charge in [0.1, 0.15) is 5.82 Å². The summed E-state index contributed by atoms with van der Waals surface area (Å²) >= 11 is 5.79. The van der Waals surface area contributed by atoms with E-state index in [2.05, 4.69) is 5.43 Å². The molecule has 0 heterocycles. The Morgan fingerprint density at radius 1 is 1.37 bits per heavy atom. The Morgan fingerprint density at radius 3 is 2.79 bits per heavy atom. The molecule has 2 nitrogen and oxygen atoms in total. The van der Waals surface area contributed by atoms with E-state index in [0.717, 1.165) is 12.3 Å². The van der Waals surface area contributed by atoms with Crippen molar-refractivity contribution in [1.82, 2.24) is 5.43 Å². The molecule has 1 aliphatic rings. The highest BCUT2D eigenvalue weighted by atomic mass is 35.5. The van der Waals surface area contributed by atoms with Gasteiger partial charge in [-0.25, -0.2) is 4.39 Å². The third kappa shape index (κ3) is 4.16. The summed E-state index contributed by atoms with van der Waals surface area (Å²) in [5.74, 6) is 6.11. The van der Waals surface area contributed by atoms with Crippen molar-refractivity contribution in [3.8, 4) is 0 Å². The number of nitrogens with two attached hydrogens (primary N) is 1. The monoisotopic (exact) mass is 284 g/mol. The molecule has 2 rings (SSSR count). The predicted octanol–water partition coefficient (Wildman–Crippen LogP) is 3.82. The van der Waals surface area contributed by atoms with Crippen LogP contribution in [-0.2, 0) is 6.42 Å². The van der Waals surface area contributed by atoms with Crippen LogP contribution in [0.5, 0.6) is 0 Å². The Morgan fingerprint density at radius 2 is 2.11 bits per heavy atom. The lowest BCUT2D eigenvalue weighted by atomic mass is 9.95. The molecular weight excluding hydrogens is 263 g/mol. The van der Waals surface area contributed by atoms with Crippen LogP contribution in [0.4, 0.5) is 4.39 Å². The molecule has 1 aromatic carbocycles. The van der Waals surface area contributed by atoms with Crippen molar-refractivity contribution in [2.45, 2.75) is 51.0 Å². The van der Waals surface area contributed by atoms with Crippen molar-refractivity contribution in [2.24, 2.45) is 11.8 Å². The maximum Gasteiger partial charge on any atom is 0.145 e. The van der Waals surface area contributed by atoms with E-state index in [1.165, 1.54) is 32.1 Å². The molecule has 0 amide bonds. The van der Waals surface area contributed by atoms with Crippen molar-refractivity contribution in [3.05, 3.63) is 34.6 Å². The molecule has 3 N–H and O–H groups in total. The van der Waals surface area contributed by atoms with Crippen LogP contribution >= 0.6 is 11.6 Å². The van der Waals surface area contributed by atoms with Gasteiger partial charge in [-0.2, -0.15) is 0 Å². The van der Waals surface area contributed by atoms with Gasteiger partial charge in [0.15, 0.2) is 0 Å². The average Bonchev–Trinajstić information content (AvgIpc) is 2.92. The molecule has 106 valence electrons. The molecule has 19 heavy (non-hydrogen) atoms. The third-order valence-corrected chi connectivity index (χ3v) is 4.42. The van der Waals surface area contributed by atoms with Crippen LogP contribution in [0.15, 0.2) is 18.2 Å². The van der Waals surface area contributed by atoms with E-state index < -0.39 is 0 Å². The summed E-state index contributed by atoms with van der Waals surface area (Å²) in [6.45, 7) is 0. The van der Waals surface area contributed by atoms with Crippen LogP contribution in [0.2, 0.25) is 5.02 Å². The first-order valence-corrected chi connectivity index (χ1v) is 7.47. The standard InChI is InChI=1S/C15H22ClFN2/c16-14-7-3-6-12(15(14)17)10-13(19-18)9-8-11-4-1-2-5-11/h3,6-7,11,13,19H,1-2,4-5,8-10,18H2. The summed E-state index contributed by atoms with van der Waals surface area (Å²) in [5, 5.41) is 0.184. The maximum atomic E-state index is 13.8. The van der Waals surface area contributed by atoms with Gasteiger partial charge in [0.2, 0.25) is 0 Å². The molecule has 1 fully saturated rings. The second-order valence-electron chi connectivity index (χ2n) is 5.51. The normalized spacial score (nSPS) is 17.8. The molecule has 0 radical (unpaired) electrons. The SMILES string of the molecule is NNC(CCC1CCCC1)Cc1cccc(Cl)c1F. The molecule has 0 saturated heterocycles. The average molecular weight is 285 g/mol. The van der Waals surface area contributed by atoms with Gasteiger partial charge in [0, 0.05) is 6.04 Å². The van der Waals surface area contributed by atoms with Gasteiger partial charge in [-0.1, -0.05) is 49.4 Å². The number of hydrogen-bond acceptors (Lipinski definition) is 2. The molecule has 4 heteroatoms. The number of halogens is 2. The van der Waals surface area contributed by atoms with E-state index >= 15 is 0 Å². The van der Waals surface area contributed by atoms with Crippen LogP contribution in [0.3, 0.4) is 0 Å². The Bertz CT molecular complexity index is 405. The molecule has 0 aliphatic heterocycles. The zero-order chi connectivity index (χ0) is 13.7. The lowest BCUT2D eigenvalue weighted by Crippen LogP contribution is -2.37. The van der Waals surface area contributed by atoms with Crippen molar-refractivity contribution < 1.29 is 4.39 Å². The van der Waals surface area contributed by atoms with E-state index in [1.54, 1.807) is 18.2 Å². The van der Waals surface area contributed by atoms with Crippen LogP contribution in [-0.4, -0.2) is 6.04 Å². The van der Waals surface area contributed by atoms with Crippen molar-refractivity contribution in [2.75, 3.05) is 0 Å². The van der Waals surface area contributed by atoms with Crippen LogP contribution < -0.4 is 11.3 Å². The molecule has 1 saturated carbocycles. The van der Waals surface area contributed by atoms with E-state index in [4.69, 9.17) is 17.4 Å². The van der Waals surface area contributed by atoms with Gasteiger partial charge in [0.25, 0.3) is 0 Å². The minimum Gasteiger partial charge on any atom is -0.271 e. The van der Waals surface area contributed by atoms with Gasteiger partial charge < -0.3 is 0 Å². The van der Waals surface area contributed by atoms with E-state index in [9.17, 15) is 4.39 Å². The summed E-state index contributed by atoms with van der Waals surface area (Å²) < 4.78 is 13.8. The topological polar surface area (TPSA) is 38.0 Å². The van der Waals surface area contributed by atoms with Crippen molar-refractivity contribution in [1.29, 1.82) is 0 Å². The fourth-order valence-electron chi connectivity index (χ4n) is 2.95. The molecule has 0 aromatic heterocycles. The Kier molecular flexibility index (Phi) is 5.61. The lowest BCUT2D eigenvalue weighted by Gasteiger charge is -2.18. The first-order valence-electron chi connectivity index (χ1n) is 7.09. The number of hydrazine groups is 1. The minimum absolute atomic E-state index is 0.119. The Balaban J connectivity index is 1.88. The summed E-state index contributed by atoms with van der Waals surface area (Å²) in [7, 11) is 0. The minimum atomic E-state index is -0.315. The van der Waals surface area contributed by atoms with Crippen molar-refractivity contribution in [3.63, 3.8) is 0 Å². The first kappa shape index (κ1) is 14.8. The van der Waals surface area contributed by atoms with Gasteiger partial charge in [-0.15, -0.1) is 0 Å². The molecule has 1 aliphatic carbocycles. The molecule has 1 atom stereocenters. The summed E-state index contributed by atoms with van der Waals surface area (Å²) in [6.07, 6.45) is 8.15. The maximum absolute atomic E-state index is 13.8. The number of hydrogen-bond donors (Lipinski definition) is 2. The van der Waals surface area contributed by atoms with Gasteiger partial charge in [-0.3, -0.25) is 11.3 Å². The fourth-order valence-corrected chi connectivity index (χ4v) is 3.15. The number of rotatable bonds is 6. The quantitative estimate of drug-likeness (QED) is 0.615. The fraction of sp³-hybridized carbons (Fsp3) is 0.600. The van der Waals surface area contributed by atoms with Gasteiger partial charge in [-0.05, 0) is 36.8 Å². The second kappa shape index (κ2) is 7.22. The van der Waals surface area contributed by atoms with E-state index in [0.29, 0.717) is 12.0 Å². The highest BCUT2D eigenvalue weighted by molar-refractivity contribution is 6.30. The smallest absolute Gasteiger partial charge is 0.145 e. The van der Waals surface area contributed by atoms with Gasteiger partial charge >= 0.3 is 0 Å². The zero-order valence-electron chi connectivity index (χ0n) is 11.2. The van der Waals surface area contributed by atoms with Crippen LogP contribution in [0.1, 0.15) is 44.1 Å². The first-order chi connectivity index (χ1) is 9.20. The van der Waals surface area contributed by atoms with Crippen molar-refractivity contribution >= 4 is 11.6 Å². The molecule has 0 bridgehead atoms. The largest absolute Gasteiger partial charge is 0.271 e.